The number of aliphatic hydroxyl groups is 1. The van der Waals surface area contributed by atoms with Crippen LogP contribution in [0.1, 0.15) is 64.0 Å². The van der Waals surface area contributed by atoms with E-state index in [9.17, 15) is 9.90 Å². The summed E-state index contributed by atoms with van der Waals surface area (Å²) in [6.07, 6.45) is 9.13. The number of rotatable bonds is 1. The molecule has 0 aromatic heterocycles. The third kappa shape index (κ3) is 3.67. The molecule has 4 nitrogen and oxygen atoms in total. The van der Waals surface area contributed by atoms with Crippen LogP contribution in [0.5, 0.6) is 0 Å². The summed E-state index contributed by atoms with van der Waals surface area (Å²) in [5.41, 5.74) is 0.261. The van der Waals surface area contributed by atoms with Crippen molar-refractivity contribution < 1.29 is 14.6 Å². The van der Waals surface area contributed by atoms with E-state index in [1.807, 2.05) is 49.9 Å². The van der Waals surface area contributed by atoms with Gasteiger partial charge in [-0.05, 0) is 57.7 Å². The quantitative estimate of drug-likeness (QED) is 0.790. The van der Waals surface area contributed by atoms with Crippen molar-refractivity contribution in [2.24, 2.45) is 0 Å². The molecule has 134 valence electrons. The maximum atomic E-state index is 12.7. The molecule has 2 aliphatic heterocycles. The number of piperidine rings is 2. The predicted molar refractivity (Wildman–Crippen MR) is 97.0 cm³/mol. The monoisotopic (exact) mass is 341 g/mol. The Morgan fingerprint density at radius 2 is 1.80 bits per heavy atom. The van der Waals surface area contributed by atoms with Crippen LogP contribution < -0.4 is 0 Å². The van der Waals surface area contributed by atoms with Crippen molar-refractivity contribution in [3.8, 4) is 12.3 Å². The first kappa shape index (κ1) is 17.8. The summed E-state index contributed by atoms with van der Waals surface area (Å²) in [5.74, 6) is 2.60. The van der Waals surface area contributed by atoms with Crippen LogP contribution in [-0.2, 0) is 10.3 Å². The fraction of sp³-hybridized carbons (Fsp3) is 0.571. The van der Waals surface area contributed by atoms with E-state index in [-0.39, 0.29) is 18.2 Å². The van der Waals surface area contributed by atoms with Crippen LogP contribution in [0.4, 0.5) is 4.79 Å². The summed E-state index contributed by atoms with van der Waals surface area (Å²) in [7, 11) is 0. The number of benzene rings is 1. The highest BCUT2D eigenvalue weighted by Gasteiger charge is 2.49. The molecular formula is C21H27NO3. The number of ether oxygens (including phenoxy) is 1. The van der Waals surface area contributed by atoms with Crippen molar-refractivity contribution in [2.75, 3.05) is 0 Å². The molecule has 3 rings (SSSR count). The van der Waals surface area contributed by atoms with Gasteiger partial charge in [0.05, 0.1) is 5.60 Å². The Kier molecular flexibility index (Phi) is 4.55. The van der Waals surface area contributed by atoms with Crippen LogP contribution in [0, 0.1) is 12.3 Å². The number of carbonyl (C=O) groups excluding carboxylic acids is 1. The molecule has 0 spiro atoms. The SMILES string of the molecule is C#Cc1ccc(C2(O)CC3CCCC(C2)N3C(=O)OC(C)(C)C)cc1. The second-order valence-electron chi connectivity index (χ2n) is 8.29. The van der Waals surface area contributed by atoms with E-state index in [1.165, 1.54) is 0 Å². The van der Waals surface area contributed by atoms with E-state index in [0.29, 0.717) is 12.8 Å². The van der Waals surface area contributed by atoms with Gasteiger partial charge in [0.25, 0.3) is 0 Å². The van der Waals surface area contributed by atoms with Crippen LogP contribution in [0.3, 0.4) is 0 Å². The molecule has 2 fully saturated rings. The summed E-state index contributed by atoms with van der Waals surface area (Å²) in [4.78, 5) is 14.5. The van der Waals surface area contributed by atoms with E-state index >= 15 is 0 Å². The van der Waals surface area contributed by atoms with Crippen LogP contribution in [0.2, 0.25) is 0 Å². The average molecular weight is 341 g/mol. The Morgan fingerprint density at radius 1 is 1.24 bits per heavy atom. The number of hydrogen-bond acceptors (Lipinski definition) is 3. The first-order chi connectivity index (χ1) is 11.7. The van der Waals surface area contributed by atoms with Gasteiger partial charge >= 0.3 is 6.09 Å². The molecule has 2 atom stereocenters. The Labute approximate surface area is 150 Å². The van der Waals surface area contributed by atoms with Gasteiger partial charge in [-0.25, -0.2) is 4.79 Å². The number of amides is 1. The smallest absolute Gasteiger partial charge is 0.410 e. The highest BCUT2D eigenvalue weighted by atomic mass is 16.6. The highest BCUT2D eigenvalue weighted by Crippen LogP contribution is 2.44. The third-order valence-corrected chi connectivity index (χ3v) is 5.20. The van der Waals surface area contributed by atoms with Gasteiger partial charge in [0.15, 0.2) is 0 Å². The Bertz CT molecular complexity index is 667. The molecule has 0 radical (unpaired) electrons. The Balaban J connectivity index is 1.83. The molecule has 0 saturated carbocycles. The summed E-state index contributed by atoms with van der Waals surface area (Å²) in [6, 6.07) is 7.58. The van der Waals surface area contributed by atoms with Crippen LogP contribution in [0.15, 0.2) is 24.3 Å². The maximum absolute atomic E-state index is 12.7. The normalized spacial score (nSPS) is 29.0. The van der Waals surface area contributed by atoms with Gasteiger partial charge in [-0.15, -0.1) is 6.42 Å². The number of carbonyl (C=O) groups is 1. The first-order valence-corrected chi connectivity index (χ1v) is 9.03. The summed E-state index contributed by atoms with van der Waals surface area (Å²) >= 11 is 0. The van der Waals surface area contributed by atoms with Gasteiger partial charge in [0.1, 0.15) is 5.60 Å². The molecule has 4 heteroatoms. The van der Waals surface area contributed by atoms with E-state index in [4.69, 9.17) is 11.2 Å². The molecule has 2 aliphatic rings. The molecule has 1 aromatic carbocycles. The standard InChI is InChI=1S/C21H27NO3/c1-5-15-9-11-16(12-10-15)21(24)13-17-7-6-8-18(14-21)22(17)19(23)25-20(2,3)4/h1,9-12,17-18,24H,6-8,13-14H2,2-4H3. The average Bonchev–Trinajstić information content (AvgIpc) is 2.52. The topological polar surface area (TPSA) is 49.8 Å². The second kappa shape index (κ2) is 6.38. The van der Waals surface area contributed by atoms with E-state index in [1.54, 1.807) is 0 Å². The van der Waals surface area contributed by atoms with Crippen molar-refractivity contribution in [1.82, 2.24) is 4.90 Å². The predicted octanol–water partition coefficient (Wildman–Crippen LogP) is 3.81. The number of terminal acetylenes is 1. The molecule has 1 amide bonds. The molecule has 1 aromatic rings. The molecule has 2 unspecified atom stereocenters. The van der Waals surface area contributed by atoms with Crippen molar-refractivity contribution in [3.63, 3.8) is 0 Å². The number of nitrogens with zero attached hydrogens (tertiary/aromatic N) is 1. The molecule has 1 N–H and O–H groups in total. The Morgan fingerprint density at radius 3 is 2.28 bits per heavy atom. The van der Waals surface area contributed by atoms with Crippen LogP contribution >= 0.6 is 0 Å². The minimum Gasteiger partial charge on any atom is -0.444 e. The fourth-order valence-electron chi connectivity index (χ4n) is 4.15. The number of hydrogen-bond donors (Lipinski definition) is 1. The minimum absolute atomic E-state index is 0.0136. The zero-order chi connectivity index (χ0) is 18.2. The van der Waals surface area contributed by atoms with Gasteiger partial charge < -0.3 is 14.7 Å². The largest absolute Gasteiger partial charge is 0.444 e. The lowest BCUT2D eigenvalue weighted by Gasteiger charge is -2.51. The van der Waals surface area contributed by atoms with Crippen LogP contribution in [0.25, 0.3) is 0 Å². The highest BCUT2D eigenvalue weighted by molar-refractivity contribution is 5.69. The fourth-order valence-corrected chi connectivity index (χ4v) is 4.15. The summed E-state index contributed by atoms with van der Waals surface area (Å²) in [5, 5.41) is 11.3. The number of fused-ring (bicyclic) bond motifs is 2. The van der Waals surface area contributed by atoms with E-state index in [0.717, 1.165) is 30.4 Å². The van der Waals surface area contributed by atoms with E-state index in [2.05, 4.69) is 5.92 Å². The molecule has 25 heavy (non-hydrogen) atoms. The van der Waals surface area contributed by atoms with Gasteiger partial charge in [0, 0.05) is 30.5 Å². The van der Waals surface area contributed by atoms with Crippen molar-refractivity contribution in [2.45, 2.75) is 76.2 Å². The Hall–Kier alpha value is -1.99. The van der Waals surface area contributed by atoms with Crippen molar-refractivity contribution >= 4 is 6.09 Å². The van der Waals surface area contributed by atoms with Gasteiger partial charge in [-0.1, -0.05) is 18.1 Å². The van der Waals surface area contributed by atoms with E-state index < -0.39 is 11.2 Å². The van der Waals surface area contributed by atoms with Crippen molar-refractivity contribution in [3.05, 3.63) is 35.4 Å². The molecular weight excluding hydrogens is 314 g/mol. The van der Waals surface area contributed by atoms with Crippen LogP contribution in [-0.4, -0.2) is 33.8 Å². The lowest BCUT2D eigenvalue weighted by Crippen LogP contribution is -2.59. The molecule has 2 saturated heterocycles. The lowest BCUT2D eigenvalue weighted by molar-refractivity contribution is -0.0965. The molecule has 2 bridgehead atoms. The van der Waals surface area contributed by atoms with Gasteiger partial charge in [-0.2, -0.15) is 0 Å². The zero-order valence-electron chi connectivity index (χ0n) is 15.3. The zero-order valence-corrected chi connectivity index (χ0v) is 15.3. The third-order valence-electron chi connectivity index (χ3n) is 5.20. The molecule has 0 aliphatic carbocycles. The summed E-state index contributed by atoms with van der Waals surface area (Å²) in [6.45, 7) is 5.65. The summed E-state index contributed by atoms with van der Waals surface area (Å²) < 4.78 is 5.60. The minimum atomic E-state index is -0.915. The first-order valence-electron chi connectivity index (χ1n) is 9.03. The second-order valence-corrected chi connectivity index (χ2v) is 8.29. The maximum Gasteiger partial charge on any atom is 0.410 e. The van der Waals surface area contributed by atoms with Gasteiger partial charge in [-0.3, -0.25) is 0 Å². The molecule has 2 heterocycles. The van der Waals surface area contributed by atoms with Crippen molar-refractivity contribution in [1.29, 1.82) is 0 Å². The lowest BCUT2D eigenvalue weighted by atomic mass is 9.72. The van der Waals surface area contributed by atoms with Gasteiger partial charge in [0.2, 0.25) is 0 Å².